The van der Waals surface area contributed by atoms with Crippen molar-refractivity contribution in [3.05, 3.63) is 12.7 Å². The second-order valence-electron chi connectivity index (χ2n) is 8.52. The van der Waals surface area contributed by atoms with Crippen LogP contribution in [0.1, 0.15) is 12.6 Å². The number of aliphatic hydroxyl groups excluding tert-OH is 2. The summed E-state index contributed by atoms with van der Waals surface area (Å²) in [5.74, 6) is -0.315. The molecular formula is C18H30N7O9PS. The number of fused-ring (bicyclic) bond motifs is 1. The van der Waals surface area contributed by atoms with Gasteiger partial charge in [-0.3, -0.25) is 18.9 Å². The fourth-order valence-corrected chi connectivity index (χ4v) is 6.54. The first-order chi connectivity index (χ1) is 17.1. The maximum atomic E-state index is 12.3. The zero-order valence-corrected chi connectivity index (χ0v) is 21.1. The van der Waals surface area contributed by atoms with Crippen LogP contribution in [-0.4, -0.2) is 123 Å². The Morgan fingerprint density at radius 2 is 1.86 bits per heavy atom. The molecule has 0 spiro atoms. The highest BCUT2D eigenvalue weighted by Crippen LogP contribution is 2.46. The third kappa shape index (κ3) is 6.74. The number of β-amino-alcohol motifs (C(OH)–C–C–N with tert-alkyl or cyclic N) is 1. The molecule has 2 aliphatic rings. The van der Waals surface area contributed by atoms with Gasteiger partial charge in [0.25, 0.3) is 10.1 Å². The zero-order chi connectivity index (χ0) is 25.9. The van der Waals surface area contributed by atoms with Gasteiger partial charge in [0.05, 0.1) is 31.4 Å². The van der Waals surface area contributed by atoms with Crippen LogP contribution >= 0.6 is 7.82 Å². The monoisotopic (exact) mass is 551 g/mol. The minimum absolute atomic E-state index is 0.0576. The standard InChI is InChI=1S/C18H30N7O9PS/c19-17-16-18(21-11-20-17)25(12-22-16)15-9-13(27)14(33-15)10-32-35(28,29)34-36(30,31)8-6-24-3-1-23(2-4-24)5-7-26/h11-15,26-27H,1-10H2,(H,28,29)(H2,19,20,21)/t13?,14-,15-/m1/s1. The highest BCUT2D eigenvalue weighted by molar-refractivity contribution is 7.90. The van der Waals surface area contributed by atoms with E-state index in [9.17, 15) is 23.0 Å². The van der Waals surface area contributed by atoms with Gasteiger partial charge in [-0.05, 0) is 0 Å². The molecule has 36 heavy (non-hydrogen) atoms. The Balaban J connectivity index is 1.26. The van der Waals surface area contributed by atoms with Crippen molar-refractivity contribution >= 4 is 34.9 Å². The highest BCUT2D eigenvalue weighted by Gasteiger charge is 2.39. The summed E-state index contributed by atoms with van der Waals surface area (Å²) in [6, 6.07) is 0. The van der Waals surface area contributed by atoms with E-state index in [4.69, 9.17) is 20.1 Å². The van der Waals surface area contributed by atoms with Crippen molar-refractivity contribution in [3.63, 3.8) is 0 Å². The normalized spacial score (nSPS) is 25.9. The average Bonchev–Trinajstić information content (AvgIpc) is 3.41. The largest absolute Gasteiger partial charge is 0.487 e. The van der Waals surface area contributed by atoms with Crippen LogP contribution in [-0.2, 0) is 27.9 Å². The Kier molecular flexibility index (Phi) is 8.56. The molecule has 0 radical (unpaired) electrons. The number of nitrogen functional groups attached to an aromatic ring is 1. The lowest BCUT2D eigenvalue weighted by Gasteiger charge is -2.34. The number of imidazole rings is 1. The SMILES string of the molecule is Nc1ncnc2c1ncn2[C@H]1CC(O)[C@@H](COP(=O)(O)OS(=O)(=O)CCN2CCN(CCO)CC2)O1. The molecule has 2 aliphatic heterocycles. The summed E-state index contributed by atoms with van der Waals surface area (Å²) in [6.07, 6.45) is -0.0344. The van der Waals surface area contributed by atoms with Crippen molar-refractivity contribution in [2.45, 2.75) is 24.9 Å². The number of hydrogen-bond acceptors (Lipinski definition) is 14. The fraction of sp³-hybridized carbons (Fsp3) is 0.722. The molecule has 0 saturated carbocycles. The van der Waals surface area contributed by atoms with E-state index >= 15 is 0 Å². The molecule has 0 amide bonds. The third-order valence-electron chi connectivity index (χ3n) is 6.05. The van der Waals surface area contributed by atoms with E-state index in [1.165, 1.54) is 12.7 Å². The van der Waals surface area contributed by atoms with Crippen molar-refractivity contribution in [2.24, 2.45) is 0 Å². The molecule has 0 bridgehead atoms. The average molecular weight is 552 g/mol. The number of piperazine rings is 1. The van der Waals surface area contributed by atoms with E-state index in [0.29, 0.717) is 43.9 Å². The van der Waals surface area contributed by atoms with Gasteiger partial charge >= 0.3 is 7.82 Å². The Bertz CT molecular complexity index is 1190. The fourth-order valence-electron chi connectivity index (χ4n) is 4.11. The van der Waals surface area contributed by atoms with Crippen molar-refractivity contribution in [1.82, 2.24) is 29.3 Å². The van der Waals surface area contributed by atoms with Crippen LogP contribution in [0.2, 0.25) is 0 Å². The molecule has 4 heterocycles. The maximum Gasteiger partial charge on any atom is 0.487 e. The Morgan fingerprint density at radius 3 is 2.56 bits per heavy atom. The van der Waals surface area contributed by atoms with Gasteiger partial charge in [-0.25, -0.2) is 19.5 Å². The lowest BCUT2D eigenvalue weighted by atomic mass is 10.2. The van der Waals surface area contributed by atoms with Crippen molar-refractivity contribution in [1.29, 1.82) is 0 Å². The minimum Gasteiger partial charge on any atom is -0.395 e. The van der Waals surface area contributed by atoms with Crippen LogP contribution in [0.3, 0.4) is 0 Å². The Labute approximate surface area is 207 Å². The summed E-state index contributed by atoms with van der Waals surface area (Å²) in [6.45, 7) is 2.72. The van der Waals surface area contributed by atoms with E-state index in [1.807, 2.05) is 4.90 Å². The molecule has 0 aliphatic carbocycles. The molecule has 5 N–H and O–H groups in total. The molecule has 4 atom stereocenters. The summed E-state index contributed by atoms with van der Waals surface area (Å²) < 4.78 is 53.4. The molecule has 18 heteroatoms. The van der Waals surface area contributed by atoms with Crippen molar-refractivity contribution < 1.29 is 41.3 Å². The van der Waals surface area contributed by atoms with Gasteiger partial charge < -0.3 is 25.6 Å². The molecule has 4 rings (SSSR count). The number of aromatic nitrogens is 4. The summed E-state index contributed by atoms with van der Waals surface area (Å²) in [5.41, 5.74) is 6.53. The van der Waals surface area contributed by atoms with Crippen molar-refractivity contribution in [2.75, 3.05) is 64.0 Å². The van der Waals surface area contributed by atoms with E-state index in [-0.39, 0.29) is 25.4 Å². The number of nitrogens with zero attached hydrogens (tertiary/aromatic N) is 6. The van der Waals surface area contributed by atoms with Crippen LogP contribution < -0.4 is 5.73 Å². The Hall–Kier alpha value is -1.79. The van der Waals surface area contributed by atoms with Crippen LogP contribution in [0.25, 0.3) is 11.2 Å². The summed E-state index contributed by atoms with van der Waals surface area (Å²) in [4.78, 5) is 26.0. The van der Waals surface area contributed by atoms with Crippen LogP contribution in [0, 0.1) is 0 Å². The van der Waals surface area contributed by atoms with Gasteiger partial charge in [0.2, 0.25) is 0 Å². The number of phosphoric acid groups is 1. The predicted octanol–water partition coefficient (Wildman–Crippen LogP) is -1.87. The third-order valence-corrected chi connectivity index (χ3v) is 8.87. The van der Waals surface area contributed by atoms with E-state index in [1.54, 1.807) is 4.57 Å². The van der Waals surface area contributed by atoms with E-state index in [0.717, 1.165) is 0 Å². The van der Waals surface area contributed by atoms with Crippen LogP contribution in [0.4, 0.5) is 5.82 Å². The maximum absolute atomic E-state index is 12.3. The Morgan fingerprint density at radius 1 is 1.17 bits per heavy atom. The van der Waals surface area contributed by atoms with E-state index < -0.39 is 48.7 Å². The molecule has 2 aromatic heterocycles. The molecule has 2 fully saturated rings. The van der Waals surface area contributed by atoms with Crippen LogP contribution in [0.15, 0.2) is 12.7 Å². The van der Waals surface area contributed by atoms with Gasteiger partial charge in [-0.2, -0.15) is 12.4 Å². The molecule has 16 nitrogen and oxygen atoms in total. The number of phosphoric ester groups is 1. The number of aliphatic hydroxyl groups is 2. The molecule has 2 unspecified atom stereocenters. The van der Waals surface area contributed by atoms with E-state index in [2.05, 4.69) is 23.8 Å². The van der Waals surface area contributed by atoms with Gasteiger partial charge in [-0.1, -0.05) is 0 Å². The summed E-state index contributed by atoms with van der Waals surface area (Å²) in [5, 5.41) is 19.3. The molecule has 2 aromatic rings. The van der Waals surface area contributed by atoms with Gasteiger partial charge in [0.1, 0.15) is 24.2 Å². The quantitative estimate of drug-likeness (QED) is 0.225. The van der Waals surface area contributed by atoms with Gasteiger partial charge in [-0.15, -0.1) is 0 Å². The first kappa shape index (κ1) is 27.3. The molecular weight excluding hydrogens is 521 g/mol. The number of hydrogen-bond donors (Lipinski definition) is 4. The topological polar surface area (TPSA) is 216 Å². The summed E-state index contributed by atoms with van der Waals surface area (Å²) in [7, 11) is -9.37. The van der Waals surface area contributed by atoms with Gasteiger partial charge in [0.15, 0.2) is 11.5 Å². The highest BCUT2D eigenvalue weighted by atomic mass is 32.2. The molecule has 0 aromatic carbocycles. The number of ether oxygens (including phenoxy) is 1. The lowest BCUT2D eigenvalue weighted by Crippen LogP contribution is -2.48. The number of rotatable bonds is 11. The lowest BCUT2D eigenvalue weighted by molar-refractivity contribution is -0.0419. The first-order valence-electron chi connectivity index (χ1n) is 11.3. The predicted molar refractivity (Wildman–Crippen MR) is 125 cm³/mol. The number of nitrogens with two attached hydrogens (primary N) is 1. The number of anilines is 1. The molecule has 202 valence electrons. The smallest absolute Gasteiger partial charge is 0.395 e. The van der Waals surface area contributed by atoms with Crippen LogP contribution in [0.5, 0.6) is 0 Å². The second kappa shape index (κ2) is 11.3. The van der Waals surface area contributed by atoms with Crippen molar-refractivity contribution in [3.8, 4) is 0 Å². The zero-order valence-electron chi connectivity index (χ0n) is 19.4. The van der Waals surface area contributed by atoms with Gasteiger partial charge in [0, 0.05) is 45.7 Å². The first-order valence-corrected chi connectivity index (χ1v) is 14.4. The summed E-state index contributed by atoms with van der Waals surface area (Å²) >= 11 is 0. The minimum atomic E-state index is -5.00. The second-order valence-corrected chi connectivity index (χ2v) is 11.8. The molecule has 2 saturated heterocycles.